The van der Waals surface area contributed by atoms with E-state index in [1.54, 1.807) is 4.90 Å². The van der Waals surface area contributed by atoms with Crippen LogP contribution in [0.25, 0.3) is 11.1 Å². The molecule has 212 valence electrons. The first-order chi connectivity index (χ1) is 19.2. The maximum atomic E-state index is 13.2. The molecule has 2 heterocycles. The van der Waals surface area contributed by atoms with Crippen molar-refractivity contribution >= 4 is 12.0 Å². The summed E-state index contributed by atoms with van der Waals surface area (Å²) in [5.41, 5.74) is 3.61. The highest BCUT2D eigenvalue weighted by atomic mass is 16.6. The van der Waals surface area contributed by atoms with Crippen molar-refractivity contribution in [3.63, 3.8) is 0 Å². The largest absolute Gasteiger partial charge is 0.489 e. The van der Waals surface area contributed by atoms with E-state index in [4.69, 9.17) is 9.47 Å². The zero-order valence-corrected chi connectivity index (χ0v) is 24.0. The fraction of sp³-hybridized carbons (Fsp3) is 0.438. The fourth-order valence-electron chi connectivity index (χ4n) is 4.57. The van der Waals surface area contributed by atoms with Crippen LogP contribution in [0, 0.1) is 0 Å². The highest BCUT2D eigenvalue weighted by Crippen LogP contribution is 2.27. The average molecular weight is 545 g/mol. The average Bonchev–Trinajstić information content (AvgIpc) is 2.95. The van der Waals surface area contributed by atoms with E-state index in [1.807, 2.05) is 81.4 Å². The van der Waals surface area contributed by atoms with Gasteiger partial charge in [-0.2, -0.15) is 5.10 Å². The van der Waals surface area contributed by atoms with Gasteiger partial charge < -0.3 is 19.7 Å². The molecule has 0 unspecified atom stereocenters. The summed E-state index contributed by atoms with van der Waals surface area (Å²) in [6.45, 7) is 9.27. The maximum absolute atomic E-state index is 13.2. The molecule has 0 atom stereocenters. The topological polar surface area (TPSA) is 93.7 Å². The molecule has 0 spiro atoms. The molecule has 2 amide bonds. The molecule has 0 aliphatic carbocycles. The van der Waals surface area contributed by atoms with Gasteiger partial charge in [0.05, 0.1) is 5.69 Å². The van der Waals surface area contributed by atoms with Gasteiger partial charge in [-0.15, -0.1) is 5.10 Å². The van der Waals surface area contributed by atoms with E-state index in [0.29, 0.717) is 32.5 Å². The summed E-state index contributed by atoms with van der Waals surface area (Å²) in [4.78, 5) is 27.2. The normalized spacial score (nSPS) is 14.1. The van der Waals surface area contributed by atoms with E-state index in [2.05, 4.69) is 22.4 Å². The number of likely N-dealkylation sites (tertiary alicyclic amines) is 1. The number of unbranched alkanes of at least 4 members (excludes halogenated alkanes) is 1. The number of hydrogen-bond donors (Lipinski definition) is 1. The Morgan fingerprint density at radius 2 is 1.70 bits per heavy atom. The van der Waals surface area contributed by atoms with E-state index in [-0.39, 0.29) is 23.7 Å². The van der Waals surface area contributed by atoms with Crippen LogP contribution < -0.4 is 10.1 Å². The number of aryl methyl sites for hydroxylation is 1. The molecule has 1 aliphatic rings. The van der Waals surface area contributed by atoms with Crippen molar-refractivity contribution in [2.75, 3.05) is 13.1 Å². The first-order valence-electron chi connectivity index (χ1n) is 14.1. The molecule has 1 fully saturated rings. The molecule has 2 aromatic carbocycles. The molecule has 3 aromatic rings. The first-order valence-corrected chi connectivity index (χ1v) is 14.1. The fourth-order valence-corrected chi connectivity index (χ4v) is 4.57. The number of aromatic nitrogens is 2. The Morgan fingerprint density at radius 3 is 2.35 bits per heavy atom. The number of hydrogen-bond acceptors (Lipinski definition) is 6. The first kappa shape index (κ1) is 29.1. The Kier molecular flexibility index (Phi) is 9.74. The number of carbonyl (C=O) groups excluding carboxylic acids is 2. The van der Waals surface area contributed by atoms with Gasteiger partial charge in [0, 0.05) is 24.7 Å². The van der Waals surface area contributed by atoms with Crippen LogP contribution in [0.15, 0.2) is 60.7 Å². The summed E-state index contributed by atoms with van der Waals surface area (Å²) in [5, 5.41) is 11.8. The van der Waals surface area contributed by atoms with Gasteiger partial charge in [0.15, 0.2) is 5.69 Å². The third-order valence-electron chi connectivity index (χ3n) is 6.77. The van der Waals surface area contributed by atoms with Gasteiger partial charge in [0.25, 0.3) is 5.91 Å². The smallest absolute Gasteiger partial charge is 0.410 e. The zero-order chi connectivity index (χ0) is 28.5. The Morgan fingerprint density at radius 1 is 1.00 bits per heavy atom. The summed E-state index contributed by atoms with van der Waals surface area (Å²) in [6.07, 6.45) is 3.82. The van der Waals surface area contributed by atoms with Crippen molar-refractivity contribution in [1.29, 1.82) is 0 Å². The lowest BCUT2D eigenvalue weighted by atomic mass is 10.00. The van der Waals surface area contributed by atoms with Crippen molar-refractivity contribution in [1.82, 2.24) is 20.4 Å². The summed E-state index contributed by atoms with van der Waals surface area (Å²) in [5.74, 6) is 0.523. The Bertz CT molecular complexity index is 1260. The number of ether oxygens (including phenoxy) is 2. The van der Waals surface area contributed by atoms with Crippen LogP contribution in [-0.2, 0) is 17.8 Å². The van der Waals surface area contributed by atoms with Crippen LogP contribution in [0.1, 0.15) is 75.1 Å². The lowest BCUT2D eigenvalue weighted by Gasteiger charge is -2.33. The molecular formula is C32H40N4O4. The summed E-state index contributed by atoms with van der Waals surface area (Å²) in [7, 11) is 0. The van der Waals surface area contributed by atoms with Crippen LogP contribution >= 0.6 is 0 Å². The van der Waals surface area contributed by atoms with Gasteiger partial charge in [-0.25, -0.2) is 4.79 Å². The molecule has 4 rings (SSSR count). The van der Waals surface area contributed by atoms with Gasteiger partial charge in [-0.3, -0.25) is 4.79 Å². The summed E-state index contributed by atoms with van der Waals surface area (Å²) >= 11 is 0. The van der Waals surface area contributed by atoms with Gasteiger partial charge in [0.1, 0.15) is 18.0 Å². The Hall–Kier alpha value is -3.94. The third-order valence-corrected chi connectivity index (χ3v) is 6.77. The second-order valence-electron chi connectivity index (χ2n) is 11.2. The standard InChI is InChI=1S/C32H40N4O4/c1-5-6-12-28-27(24-13-15-26(16-14-24)39-22-23-10-8-7-9-11-23)21-29(35-34-28)30(37)33-25-17-19-36(20-18-25)31(38)40-32(2,3)4/h7-11,13-16,21,25H,5-6,12,17-20,22H2,1-4H3,(H,33,37). The lowest BCUT2D eigenvalue weighted by Crippen LogP contribution is -2.47. The molecule has 0 saturated carbocycles. The number of piperidine rings is 1. The van der Waals surface area contributed by atoms with E-state index >= 15 is 0 Å². The minimum atomic E-state index is -0.530. The molecule has 1 N–H and O–H groups in total. The van der Waals surface area contributed by atoms with Gasteiger partial charge >= 0.3 is 6.09 Å². The monoisotopic (exact) mass is 544 g/mol. The van der Waals surface area contributed by atoms with Crippen LogP contribution in [-0.4, -0.2) is 51.8 Å². The lowest BCUT2D eigenvalue weighted by molar-refractivity contribution is 0.0199. The van der Waals surface area contributed by atoms with Crippen LogP contribution in [0.5, 0.6) is 5.75 Å². The molecule has 8 heteroatoms. The van der Waals surface area contributed by atoms with Crippen molar-refractivity contribution in [3.05, 3.63) is 77.6 Å². The predicted octanol–water partition coefficient (Wildman–Crippen LogP) is 6.19. The Labute approximate surface area is 237 Å². The summed E-state index contributed by atoms with van der Waals surface area (Å²) < 4.78 is 11.4. The van der Waals surface area contributed by atoms with Crippen LogP contribution in [0.3, 0.4) is 0 Å². The van der Waals surface area contributed by atoms with Crippen molar-refractivity contribution in [2.45, 2.75) is 78.0 Å². The molecule has 1 aliphatic heterocycles. The molecule has 8 nitrogen and oxygen atoms in total. The van der Waals surface area contributed by atoms with Gasteiger partial charge in [-0.05, 0) is 75.8 Å². The minimum absolute atomic E-state index is 0.0442. The predicted molar refractivity (Wildman–Crippen MR) is 155 cm³/mol. The molecule has 0 bridgehead atoms. The highest BCUT2D eigenvalue weighted by molar-refractivity contribution is 5.93. The quantitative estimate of drug-likeness (QED) is 0.345. The van der Waals surface area contributed by atoms with E-state index in [0.717, 1.165) is 47.4 Å². The second-order valence-corrected chi connectivity index (χ2v) is 11.2. The maximum Gasteiger partial charge on any atom is 0.410 e. The van der Waals surface area contributed by atoms with Crippen LogP contribution in [0.4, 0.5) is 4.79 Å². The highest BCUT2D eigenvalue weighted by Gasteiger charge is 2.28. The number of carbonyl (C=O) groups is 2. The number of nitrogens with zero attached hydrogens (tertiary/aromatic N) is 3. The summed E-state index contributed by atoms with van der Waals surface area (Å²) in [6, 6.07) is 19.7. The van der Waals surface area contributed by atoms with E-state index in [1.165, 1.54) is 0 Å². The van der Waals surface area contributed by atoms with Gasteiger partial charge in [-0.1, -0.05) is 55.8 Å². The third kappa shape index (κ3) is 8.28. The van der Waals surface area contributed by atoms with Crippen molar-refractivity contribution < 1.29 is 19.1 Å². The molecule has 1 aromatic heterocycles. The number of amides is 2. The number of rotatable bonds is 9. The molecule has 40 heavy (non-hydrogen) atoms. The minimum Gasteiger partial charge on any atom is -0.489 e. The van der Waals surface area contributed by atoms with Crippen molar-refractivity contribution in [2.24, 2.45) is 0 Å². The van der Waals surface area contributed by atoms with E-state index in [9.17, 15) is 9.59 Å². The number of benzene rings is 2. The number of nitrogens with one attached hydrogen (secondary N) is 1. The zero-order valence-electron chi connectivity index (χ0n) is 24.0. The van der Waals surface area contributed by atoms with Gasteiger partial charge in [0.2, 0.25) is 0 Å². The second kappa shape index (κ2) is 13.4. The van der Waals surface area contributed by atoms with E-state index < -0.39 is 5.60 Å². The Balaban J connectivity index is 1.41. The molecule has 0 radical (unpaired) electrons. The van der Waals surface area contributed by atoms with Crippen molar-refractivity contribution in [3.8, 4) is 16.9 Å². The van der Waals surface area contributed by atoms with Crippen LogP contribution in [0.2, 0.25) is 0 Å². The molecular weight excluding hydrogens is 504 g/mol. The SMILES string of the molecule is CCCCc1nnc(C(=O)NC2CCN(C(=O)OC(C)(C)C)CC2)cc1-c1ccc(OCc2ccccc2)cc1. The molecule has 1 saturated heterocycles.